The lowest BCUT2D eigenvalue weighted by molar-refractivity contribution is -0.0805. The predicted octanol–water partition coefficient (Wildman–Crippen LogP) is 1.04. The summed E-state index contributed by atoms with van der Waals surface area (Å²) in [5.41, 5.74) is 0.829. The number of hydrogen-bond acceptors (Lipinski definition) is 4. The molecule has 0 spiro atoms. The number of aromatic nitrogens is 2. The molecule has 1 saturated heterocycles. The number of piperidine rings is 1. The van der Waals surface area contributed by atoms with Gasteiger partial charge in [0.05, 0.1) is 19.3 Å². The van der Waals surface area contributed by atoms with Gasteiger partial charge in [-0.25, -0.2) is 0 Å². The van der Waals surface area contributed by atoms with Gasteiger partial charge in [-0.3, -0.25) is 4.68 Å². The molecule has 5 heteroatoms. The third-order valence-corrected chi connectivity index (χ3v) is 4.58. The van der Waals surface area contributed by atoms with Crippen molar-refractivity contribution in [1.29, 1.82) is 0 Å². The molecular formula is C15H27N3O2. The van der Waals surface area contributed by atoms with Crippen LogP contribution in [0.4, 0.5) is 0 Å². The van der Waals surface area contributed by atoms with Crippen LogP contribution in [0.3, 0.4) is 0 Å². The largest absolute Gasteiger partial charge is 0.396 e. The van der Waals surface area contributed by atoms with E-state index in [1.807, 2.05) is 16.9 Å². The molecule has 20 heavy (non-hydrogen) atoms. The average molecular weight is 281 g/mol. The molecule has 0 amide bonds. The fourth-order valence-corrected chi connectivity index (χ4v) is 3.28. The molecular weight excluding hydrogens is 254 g/mol. The molecule has 1 aromatic rings. The zero-order valence-corrected chi connectivity index (χ0v) is 12.6. The summed E-state index contributed by atoms with van der Waals surface area (Å²) in [7, 11) is 0. The van der Waals surface area contributed by atoms with Gasteiger partial charge in [0, 0.05) is 36.9 Å². The topological polar surface area (TPSA) is 61.5 Å². The zero-order chi connectivity index (χ0) is 14.6. The minimum atomic E-state index is -0.380. The molecule has 5 nitrogen and oxygen atoms in total. The molecule has 2 atom stereocenters. The Kier molecular flexibility index (Phi) is 5.18. The van der Waals surface area contributed by atoms with Crippen molar-refractivity contribution in [2.75, 3.05) is 26.2 Å². The van der Waals surface area contributed by atoms with Crippen LogP contribution >= 0.6 is 0 Å². The van der Waals surface area contributed by atoms with Gasteiger partial charge < -0.3 is 15.1 Å². The summed E-state index contributed by atoms with van der Waals surface area (Å²) in [6.45, 7) is 7.69. The second kappa shape index (κ2) is 6.70. The first-order valence-corrected chi connectivity index (χ1v) is 7.61. The molecule has 1 fully saturated rings. The van der Waals surface area contributed by atoms with Gasteiger partial charge in [0.15, 0.2) is 0 Å². The second-order valence-corrected chi connectivity index (χ2v) is 6.05. The summed E-state index contributed by atoms with van der Waals surface area (Å²) >= 11 is 0. The van der Waals surface area contributed by atoms with E-state index in [0.717, 1.165) is 45.4 Å². The Morgan fingerprint density at radius 2 is 2.25 bits per heavy atom. The van der Waals surface area contributed by atoms with E-state index in [-0.39, 0.29) is 18.1 Å². The maximum Gasteiger partial charge on any atom is 0.0642 e. The quantitative estimate of drug-likeness (QED) is 0.818. The highest BCUT2D eigenvalue weighted by molar-refractivity contribution is 4.97. The van der Waals surface area contributed by atoms with E-state index >= 15 is 0 Å². The molecule has 0 saturated carbocycles. The van der Waals surface area contributed by atoms with E-state index in [0.29, 0.717) is 0 Å². The van der Waals surface area contributed by atoms with E-state index in [9.17, 15) is 10.2 Å². The van der Waals surface area contributed by atoms with Crippen LogP contribution in [-0.2, 0) is 6.54 Å². The van der Waals surface area contributed by atoms with Crippen molar-refractivity contribution in [2.24, 2.45) is 5.41 Å². The molecule has 0 bridgehead atoms. The van der Waals surface area contributed by atoms with Gasteiger partial charge in [-0.15, -0.1) is 0 Å². The van der Waals surface area contributed by atoms with Gasteiger partial charge in [-0.05, 0) is 25.8 Å². The SMILES string of the molecule is CCC[C@@]1(CO)CN(CCn2nccc2C)CC[C@H]1O. The molecule has 1 aliphatic rings. The minimum absolute atomic E-state index is 0.0688. The molecule has 114 valence electrons. The zero-order valence-electron chi connectivity index (χ0n) is 12.6. The van der Waals surface area contributed by atoms with Crippen LogP contribution in [0, 0.1) is 12.3 Å². The van der Waals surface area contributed by atoms with E-state index in [1.165, 1.54) is 5.69 Å². The van der Waals surface area contributed by atoms with Crippen molar-refractivity contribution in [1.82, 2.24) is 14.7 Å². The van der Waals surface area contributed by atoms with E-state index < -0.39 is 0 Å². The highest BCUT2D eigenvalue weighted by Gasteiger charge is 2.41. The number of likely N-dealkylation sites (tertiary alicyclic amines) is 1. The first-order chi connectivity index (χ1) is 9.61. The summed E-state index contributed by atoms with van der Waals surface area (Å²) in [5.74, 6) is 0. The predicted molar refractivity (Wildman–Crippen MR) is 78.5 cm³/mol. The maximum absolute atomic E-state index is 10.3. The second-order valence-electron chi connectivity index (χ2n) is 6.05. The molecule has 0 unspecified atom stereocenters. The fourth-order valence-electron chi connectivity index (χ4n) is 3.28. The summed E-state index contributed by atoms with van der Waals surface area (Å²) in [5, 5.41) is 24.3. The van der Waals surface area contributed by atoms with Crippen molar-refractivity contribution in [2.45, 2.75) is 45.8 Å². The maximum atomic E-state index is 10.3. The molecule has 0 aromatic carbocycles. The Bertz CT molecular complexity index is 421. The molecule has 1 aromatic heterocycles. The van der Waals surface area contributed by atoms with Crippen LogP contribution in [-0.4, -0.2) is 57.2 Å². The highest BCUT2D eigenvalue weighted by Crippen LogP contribution is 2.34. The van der Waals surface area contributed by atoms with Crippen LogP contribution in [0.1, 0.15) is 31.9 Å². The summed E-state index contributed by atoms with van der Waals surface area (Å²) in [4.78, 5) is 2.35. The Morgan fingerprint density at radius 3 is 2.85 bits per heavy atom. The smallest absolute Gasteiger partial charge is 0.0642 e. The summed E-state index contributed by atoms with van der Waals surface area (Å²) in [6, 6.07) is 2.01. The standard InChI is InChI=1S/C15H27N3O2/c1-3-6-15(12-19)11-17(8-5-14(15)20)9-10-18-13(2)4-7-16-18/h4,7,14,19-20H,3,5-6,8-12H2,1-2H3/t14-,15+/m1/s1. The van der Waals surface area contributed by atoms with Gasteiger partial charge in [-0.1, -0.05) is 13.3 Å². The Hall–Kier alpha value is -0.910. The molecule has 1 aliphatic heterocycles. The van der Waals surface area contributed by atoms with E-state index in [2.05, 4.69) is 23.8 Å². The van der Waals surface area contributed by atoms with Gasteiger partial charge >= 0.3 is 0 Å². The summed E-state index contributed by atoms with van der Waals surface area (Å²) in [6.07, 6.45) is 4.06. The number of aliphatic hydroxyl groups excluding tert-OH is 2. The number of hydrogen-bond donors (Lipinski definition) is 2. The van der Waals surface area contributed by atoms with Crippen molar-refractivity contribution < 1.29 is 10.2 Å². The Morgan fingerprint density at radius 1 is 1.45 bits per heavy atom. The lowest BCUT2D eigenvalue weighted by Crippen LogP contribution is -2.54. The van der Waals surface area contributed by atoms with Gasteiger partial charge in [0.1, 0.15) is 0 Å². The first-order valence-electron chi connectivity index (χ1n) is 7.61. The van der Waals surface area contributed by atoms with Crippen LogP contribution in [0.15, 0.2) is 12.3 Å². The number of rotatable bonds is 6. The molecule has 2 heterocycles. The lowest BCUT2D eigenvalue weighted by Gasteiger charge is -2.45. The lowest BCUT2D eigenvalue weighted by atomic mass is 9.74. The van der Waals surface area contributed by atoms with E-state index in [1.54, 1.807) is 0 Å². The van der Waals surface area contributed by atoms with E-state index in [4.69, 9.17) is 0 Å². The van der Waals surface area contributed by atoms with Crippen molar-refractivity contribution in [3.05, 3.63) is 18.0 Å². The molecule has 0 aliphatic carbocycles. The van der Waals surface area contributed by atoms with Crippen molar-refractivity contribution in [3.8, 4) is 0 Å². The third-order valence-electron chi connectivity index (χ3n) is 4.58. The third kappa shape index (κ3) is 3.22. The fraction of sp³-hybridized carbons (Fsp3) is 0.800. The molecule has 2 rings (SSSR count). The highest BCUT2D eigenvalue weighted by atomic mass is 16.3. The van der Waals surface area contributed by atoms with Crippen LogP contribution in [0.2, 0.25) is 0 Å². The van der Waals surface area contributed by atoms with Gasteiger partial charge in [0.25, 0.3) is 0 Å². The van der Waals surface area contributed by atoms with Crippen LogP contribution < -0.4 is 0 Å². The number of nitrogens with zero attached hydrogens (tertiary/aromatic N) is 3. The summed E-state index contributed by atoms with van der Waals surface area (Å²) < 4.78 is 2.01. The monoisotopic (exact) mass is 281 g/mol. The van der Waals surface area contributed by atoms with Crippen LogP contribution in [0.25, 0.3) is 0 Å². The number of aliphatic hydroxyl groups is 2. The number of aryl methyl sites for hydroxylation is 1. The van der Waals surface area contributed by atoms with Crippen LogP contribution in [0.5, 0.6) is 0 Å². The van der Waals surface area contributed by atoms with Crippen molar-refractivity contribution >= 4 is 0 Å². The average Bonchev–Trinajstić information content (AvgIpc) is 2.85. The van der Waals surface area contributed by atoms with Gasteiger partial charge in [-0.2, -0.15) is 5.10 Å². The Balaban J connectivity index is 1.95. The molecule has 2 N–H and O–H groups in total. The normalized spacial score (nSPS) is 27.9. The molecule has 0 radical (unpaired) electrons. The first kappa shape index (κ1) is 15.5. The minimum Gasteiger partial charge on any atom is -0.396 e. The van der Waals surface area contributed by atoms with Crippen molar-refractivity contribution in [3.63, 3.8) is 0 Å². The Labute approximate surface area is 121 Å². The van der Waals surface area contributed by atoms with Gasteiger partial charge in [0.2, 0.25) is 0 Å².